The molecule has 6 heteroatoms. The van der Waals surface area contributed by atoms with Crippen LogP contribution in [0, 0.1) is 0 Å². The van der Waals surface area contributed by atoms with Crippen molar-refractivity contribution < 1.29 is 9.90 Å². The molecule has 0 saturated heterocycles. The molecule has 1 aromatic heterocycles. The number of hydrogen-bond acceptors (Lipinski definition) is 3. The molecule has 0 aliphatic rings. The van der Waals surface area contributed by atoms with E-state index in [0.29, 0.717) is 13.0 Å². The van der Waals surface area contributed by atoms with Gasteiger partial charge >= 0.3 is 6.09 Å². The lowest BCUT2D eigenvalue weighted by Gasteiger charge is -2.21. The van der Waals surface area contributed by atoms with Gasteiger partial charge < -0.3 is 20.3 Å². The maximum Gasteiger partial charge on any atom is 0.404 e. The highest BCUT2D eigenvalue weighted by atomic mass is 16.4. The number of nitrogens with zero attached hydrogens (tertiary/aromatic N) is 2. The quantitative estimate of drug-likeness (QED) is 0.734. The second-order valence-electron chi connectivity index (χ2n) is 4.94. The summed E-state index contributed by atoms with van der Waals surface area (Å²) in [6, 6.07) is 8.35. The Balaban J connectivity index is 2.03. The smallest absolute Gasteiger partial charge is 0.404 e. The number of rotatable bonds is 7. The Morgan fingerprint density at radius 1 is 1.27 bits per heavy atom. The van der Waals surface area contributed by atoms with Crippen LogP contribution in [0.1, 0.15) is 19.7 Å². The topological polar surface area (TPSA) is 81.2 Å². The number of nitrogens with one attached hydrogen (secondary N) is 2. The first kappa shape index (κ1) is 15.9. The van der Waals surface area contributed by atoms with Gasteiger partial charge in [0.25, 0.3) is 0 Å². The number of anilines is 1. The molecule has 0 fully saturated rings. The zero-order valence-electron chi connectivity index (χ0n) is 13.0. The van der Waals surface area contributed by atoms with Crippen molar-refractivity contribution in [1.29, 1.82) is 0 Å². The maximum absolute atomic E-state index is 10.4. The van der Waals surface area contributed by atoms with Crippen LogP contribution in [-0.4, -0.2) is 40.8 Å². The molecule has 1 heterocycles. The number of carbonyl (C=O) groups is 1. The summed E-state index contributed by atoms with van der Waals surface area (Å²) in [5, 5.41) is 10.9. The molecular weight excluding hydrogens is 280 g/mol. The first-order valence-electron chi connectivity index (χ1n) is 7.50. The molecule has 2 rings (SSSR count). The maximum atomic E-state index is 10.4. The van der Waals surface area contributed by atoms with Gasteiger partial charge in [0, 0.05) is 31.7 Å². The van der Waals surface area contributed by atoms with Crippen LogP contribution >= 0.6 is 0 Å². The van der Waals surface area contributed by atoms with E-state index in [1.165, 1.54) is 5.69 Å². The summed E-state index contributed by atoms with van der Waals surface area (Å²) in [6.45, 7) is 6.61. The fourth-order valence-electron chi connectivity index (χ4n) is 2.36. The molecule has 22 heavy (non-hydrogen) atoms. The summed E-state index contributed by atoms with van der Waals surface area (Å²) in [6.07, 6.45) is 1.31. The van der Waals surface area contributed by atoms with Crippen molar-refractivity contribution in [3.8, 4) is 11.3 Å². The van der Waals surface area contributed by atoms with E-state index in [1.807, 2.05) is 0 Å². The largest absolute Gasteiger partial charge is 0.465 e. The second kappa shape index (κ2) is 7.49. The first-order valence-corrected chi connectivity index (χ1v) is 7.50. The molecule has 3 N–H and O–H groups in total. The van der Waals surface area contributed by atoms with Crippen molar-refractivity contribution in [3.63, 3.8) is 0 Å². The van der Waals surface area contributed by atoms with Gasteiger partial charge in [-0.25, -0.2) is 9.78 Å². The third kappa shape index (κ3) is 4.00. The zero-order chi connectivity index (χ0) is 15.9. The molecule has 0 radical (unpaired) electrons. The van der Waals surface area contributed by atoms with E-state index in [4.69, 9.17) is 5.11 Å². The Bertz CT molecular complexity index is 603. The Kier molecular flexibility index (Phi) is 5.41. The molecule has 1 amide bonds. The molecule has 2 aromatic rings. The fourth-order valence-corrected chi connectivity index (χ4v) is 2.36. The van der Waals surface area contributed by atoms with Crippen molar-refractivity contribution in [2.75, 3.05) is 24.5 Å². The van der Waals surface area contributed by atoms with Crippen LogP contribution in [0.15, 0.2) is 30.5 Å². The van der Waals surface area contributed by atoms with Crippen LogP contribution in [0.25, 0.3) is 11.3 Å². The molecule has 0 aliphatic carbocycles. The molecule has 1 aromatic carbocycles. The van der Waals surface area contributed by atoms with E-state index < -0.39 is 6.09 Å². The first-order chi connectivity index (χ1) is 10.6. The van der Waals surface area contributed by atoms with Crippen LogP contribution in [0.3, 0.4) is 0 Å². The van der Waals surface area contributed by atoms with Crippen molar-refractivity contribution >= 4 is 11.8 Å². The van der Waals surface area contributed by atoms with Gasteiger partial charge in [0.15, 0.2) is 0 Å². The van der Waals surface area contributed by atoms with Crippen LogP contribution in [0.4, 0.5) is 10.5 Å². The summed E-state index contributed by atoms with van der Waals surface area (Å²) >= 11 is 0. The third-order valence-electron chi connectivity index (χ3n) is 3.57. The van der Waals surface area contributed by atoms with Crippen molar-refractivity contribution in [2.24, 2.45) is 0 Å². The van der Waals surface area contributed by atoms with Crippen LogP contribution in [-0.2, 0) is 6.42 Å². The number of aromatic nitrogens is 2. The summed E-state index contributed by atoms with van der Waals surface area (Å²) in [7, 11) is 0. The lowest BCUT2D eigenvalue weighted by Crippen LogP contribution is -2.23. The number of benzene rings is 1. The van der Waals surface area contributed by atoms with E-state index in [0.717, 1.165) is 30.2 Å². The van der Waals surface area contributed by atoms with Gasteiger partial charge in [-0.3, -0.25) is 0 Å². The molecule has 0 bridgehead atoms. The predicted molar refractivity (Wildman–Crippen MR) is 87.3 cm³/mol. The zero-order valence-corrected chi connectivity index (χ0v) is 13.0. The van der Waals surface area contributed by atoms with Gasteiger partial charge in [-0.2, -0.15) is 0 Å². The SMILES string of the molecule is CCN(CC)c1ccc(-c2cnc(CCNC(=O)O)[nH]2)cc1. The number of amides is 1. The minimum Gasteiger partial charge on any atom is -0.465 e. The number of imidazole rings is 1. The van der Waals surface area contributed by atoms with Gasteiger partial charge in [0.1, 0.15) is 5.82 Å². The van der Waals surface area contributed by atoms with E-state index in [1.54, 1.807) is 6.20 Å². The summed E-state index contributed by atoms with van der Waals surface area (Å²) in [5.74, 6) is 0.775. The number of aromatic amines is 1. The lowest BCUT2D eigenvalue weighted by atomic mass is 10.1. The molecule has 6 nitrogen and oxygen atoms in total. The Morgan fingerprint density at radius 3 is 2.55 bits per heavy atom. The van der Waals surface area contributed by atoms with E-state index in [9.17, 15) is 4.79 Å². The van der Waals surface area contributed by atoms with E-state index in [-0.39, 0.29) is 0 Å². The van der Waals surface area contributed by atoms with Gasteiger partial charge in [0.2, 0.25) is 0 Å². The Morgan fingerprint density at radius 2 is 1.95 bits per heavy atom. The van der Waals surface area contributed by atoms with Crippen molar-refractivity contribution in [2.45, 2.75) is 20.3 Å². The van der Waals surface area contributed by atoms with Gasteiger partial charge in [0.05, 0.1) is 11.9 Å². The minimum atomic E-state index is -1.02. The minimum absolute atomic E-state index is 0.350. The van der Waals surface area contributed by atoms with Gasteiger partial charge in [-0.05, 0) is 31.5 Å². The highest BCUT2D eigenvalue weighted by molar-refractivity contribution is 5.64. The van der Waals surface area contributed by atoms with Gasteiger partial charge in [-0.15, -0.1) is 0 Å². The molecule has 0 spiro atoms. The number of H-pyrrole nitrogens is 1. The Labute approximate surface area is 130 Å². The molecular formula is C16H22N4O2. The van der Waals surface area contributed by atoms with Gasteiger partial charge in [-0.1, -0.05) is 12.1 Å². The third-order valence-corrected chi connectivity index (χ3v) is 3.57. The highest BCUT2D eigenvalue weighted by Crippen LogP contribution is 2.21. The molecule has 0 saturated carbocycles. The number of hydrogen-bond donors (Lipinski definition) is 3. The number of carboxylic acid groups (broad SMARTS) is 1. The average Bonchev–Trinajstić information content (AvgIpc) is 2.98. The summed E-state index contributed by atoms with van der Waals surface area (Å²) < 4.78 is 0. The van der Waals surface area contributed by atoms with E-state index >= 15 is 0 Å². The fraction of sp³-hybridized carbons (Fsp3) is 0.375. The summed E-state index contributed by atoms with van der Waals surface area (Å²) in [5.41, 5.74) is 3.22. The van der Waals surface area contributed by atoms with Crippen molar-refractivity contribution in [1.82, 2.24) is 15.3 Å². The second-order valence-corrected chi connectivity index (χ2v) is 4.94. The predicted octanol–water partition coefficient (Wildman–Crippen LogP) is 2.73. The highest BCUT2D eigenvalue weighted by Gasteiger charge is 2.06. The van der Waals surface area contributed by atoms with Crippen LogP contribution < -0.4 is 10.2 Å². The molecule has 118 valence electrons. The van der Waals surface area contributed by atoms with Crippen molar-refractivity contribution in [3.05, 3.63) is 36.3 Å². The lowest BCUT2D eigenvalue weighted by molar-refractivity contribution is 0.194. The van der Waals surface area contributed by atoms with Crippen LogP contribution in [0.5, 0.6) is 0 Å². The molecule has 0 unspecified atom stereocenters. The molecule has 0 aliphatic heterocycles. The monoisotopic (exact) mass is 302 g/mol. The standard InChI is InChI=1S/C16H22N4O2/c1-3-20(4-2)13-7-5-12(6-8-13)14-11-18-15(19-14)9-10-17-16(21)22/h5-8,11,17H,3-4,9-10H2,1-2H3,(H,18,19)(H,21,22). The normalized spacial score (nSPS) is 10.5. The Hall–Kier alpha value is -2.50. The van der Waals surface area contributed by atoms with E-state index in [2.05, 4.69) is 58.3 Å². The summed E-state index contributed by atoms with van der Waals surface area (Å²) in [4.78, 5) is 20.2. The van der Waals surface area contributed by atoms with Crippen LogP contribution in [0.2, 0.25) is 0 Å². The molecule has 0 atom stereocenters. The average molecular weight is 302 g/mol.